The molecule has 6 heteroatoms. The van der Waals surface area contributed by atoms with Crippen LogP contribution in [0.4, 0.5) is 0 Å². The molecule has 4 rings (SSSR count). The van der Waals surface area contributed by atoms with Crippen molar-refractivity contribution in [2.75, 3.05) is 0 Å². The summed E-state index contributed by atoms with van der Waals surface area (Å²) < 4.78 is 0. The third kappa shape index (κ3) is 11.7. The zero-order valence-electron chi connectivity index (χ0n) is 34.4. The van der Waals surface area contributed by atoms with Gasteiger partial charge in [0.05, 0.1) is 12.2 Å². The highest BCUT2D eigenvalue weighted by atomic mass is 16.4. The van der Waals surface area contributed by atoms with Crippen LogP contribution in [0.1, 0.15) is 214 Å². The Labute approximate surface area is 319 Å². The largest absolute Gasteiger partial charge is 0.481 e. The monoisotopic (exact) mass is 730 g/mol. The molecular formula is C46H83NO5. The van der Waals surface area contributed by atoms with E-state index in [1.165, 1.54) is 109 Å². The molecule has 0 saturated heterocycles. The molecule has 0 heterocycles. The molecular weight excluding hydrogens is 647 g/mol. The zero-order chi connectivity index (χ0) is 37.6. The van der Waals surface area contributed by atoms with Crippen LogP contribution < -0.4 is 5.32 Å². The van der Waals surface area contributed by atoms with Crippen LogP contribution in [-0.2, 0) is 9.59 Å². The molecule has 4 saturated carbocycles. The highest BCUT2D eigenvalue weighted by molar-refractivity contribution is 5.76. The van der Waals surface area contributed by atoms with Gasteiger partial charge in [0.2, 0.25) is 5.91 Å². The Hall–Kier alpha value is -1.14. The Balaban J connectivity index is 1.06. The number of carboxylic acids is 1. The number of carbonyl (C=O) groups excluding carboxylic acids is 1. The molecule has 0 unspecified atom stereocenters. The molecule has 4 N–H and O–H groups in total. The van der Waals surface area contributed by atoms with Crippen molar-refractivity contribution in [2.24, 2.45) is 46.3 Å². The van der Waals surface area contributed by atoms with Gasteiger partial charge >= 0.3 is 5.97 Å². The highest BCUT2D eigenvalue weighted by Gasteiger charge is 2.65. The van der Waals surface area contributed by atoms with Crippen LogP contribution in [0.25, 0.3) is 0 Å². The van der Waals surface area contributed by atoms with E-state index in [1.54, 1.807) is 0 Å². The van der Waals surface area contributed by atoms with Gasteiger partial charge in [-0.15, -0.1) is 0 Å². The van der Waals surface area contributed by atoms with Crippen molar-refractivity contribution in [3.05, 3.63) is 0 Å². The molecule has 0 aromatic rings. The van der Waals surface area contributed by atoms with Crippen LogP contribution in [0, 0.1) is 46.3 Å². The Morgan fingerprint density at radius 1 is 0.692 bits per heavy atom. The minimum Gasteiger partial charge on any atom is -0.481 e. The zero-order valence-corrected chi connectivity index (χ0v) is 34.4. The average Bonchev–Trinajstić information content (AvgIpc) is 3.47. The Morgan fingerprint density at radius 3 is 1.77 bits per heavy atom. The Kier molecular flexibility index (Phi) is 18.3. The van der Waals surface area contributed by atoms with Crippen molar-refractivity contribution in [3.63, 3.8) is 0 Å². The van der Waals surface area contributed by atoms with Gasteiger partial charge < -0.3 is 20.6 Å². The van der Waals surface area contributed by atoms with Gasteiger partial charge in [-0.3, -0.25) is 9.59 Å². The third-order valence-corrected chi connectivity index (χ3v) is 15.7. The number of carboxylic acid groups (broad SMARTS) is 1. The standard InChI is InChI=1S/C46H83NO5/c1-5-6-7-8-9-10-11-12-13-14-15-16-17-18-19-20-21-22-23-24-42(50)47-36-29-30-45(3)35(31-36)32-40(48)44-38-27-26-37(34(2)25-28-43(51)52)46(38,4)41(49)33-39(44)45/h34-41,44,48-49H,5-33H2,1-4H3,(H,47,50)(H,51,52)/t34-,35+,36+,37-,38+,39+,40-,41+,44+,45+,46-/m1/s1. The summed E-state index contributed by atoms with van der Waals surface area (Å²) in [5.74, 6) is 1.14. The van der Waals surface area contributed by atoms with E-state index in [2.05, 4.69) is 33.0 Å². The molecule has 1 amide bonds. The summed E-state index contributed by atoms with van der Waals surface area (Å²) in [6, 6.07) is 0.194. The van der Waals surface area contributed by atoms with E-state index in [-0.39, 0.29) is 53.1 Å². The molecule has 11 atom stereocenters. The number of hydrogen-bond acceptors (Lipinski definition) is 4. The Morgan fingerprint density at radius 2 is 1.23 bits per heavy atom. The van der Waals surface area contributed by atoms with E-state index < -0.39 is 12.1 Å². The van der Waals surface area contributed by atoms with Gasteiger partial charge in [-0.2, -0.15) is 0 Å². The number of hydrogen-bond donors (Lipinski definition) is 4. The number of rotatable bonds is 25. The average molecular weight is 730 g/mol. The van der Waals surface area contributed by atoms with Gasteiger partial charge in [-0.05, 0) is 104 Å². The first kappa shape index (κ1) is 43.6. The van der Waals surface area contributed by atoms with Crippen LogP contribution in [0.15, 0.2) is 0 Å². The smallest absolute Gasteiger partial charge is 0.303 e. The summed E-state index contributed by atoms with van der Waals surface area (Å²) in [6.45, 7) is 9.14. The summed E-state index contributed by atoms with van der Waals surface area (Å²) in [4.78, 5) is 24.3. The maximum absolute atomic E-state index is 13.0. The molecule has 0 bridgehead atoms. The van der Waals surface area contributed by atoms with E-state index in [0.29, 0.717) is 30.6 Å². The second-order valence-corrected chi connectivity index (χ2v) is 19.2. The number of aliphatic carboxylic acids is 1. The number of carbonyl (C=O) groups is 2. The van der Waals surface area contributed by atoms with Crippen molar-refractivity contribution in [2.45, 2.75) is 232 Å². The first-order valence-electron chi connectivity index (χ1n) is 22.9. The van der Waals surface area contributed by atoms with E-state index in [4.69, 9.17) is 0 Å². The summed E-state index contributed by atoms with van der Waals surface area (Å²) in [5, 5.41) is 36.3. The van der Waals surface area contributed by atoms with Crippen molar-refractivity contribution < 1.29 is 24.9 Å². The van der Waals surface area contributed by atoms with Crippen molar-refractivity contribution in [1.82, 2.24) is 5.32 Å². The minimum absolute atomic E-state index is 0.0768. The first-order valence-corrected chi connectivity index (χ1v) is 22.9. The van der Waals surface area contributed by atoms with Crippen molar-refractivity contribution in [1.29, 1.82) is 0 Å². The number of aliphatic hydroxyl groups is 2. The van der Waals surface area contributed by atoms with Crippen LogP contribution in [0.2, 0.25) is 0 Å². The van der Waals surface area contributed by atoms with Gasteiger partial charge in [0.25, 0.3) is 0 Å². The van der Waals surface area contributed by atoms with Crippen LogP contribution in [0.3, 0.4) is 0 Å². The second-order valence-electron chi connectivity index (χ2n) is 19.2. The number of fused-ring (bicyclic) bond motifs is 5. The summed E-state index contributed by atoms with van der Waals surface area (Å²) in [6.07, 6.45) is 33.0. The maximum atomic E-state index is 13.0. The van der Waals surface area contributed by atoms with E-state index in [0.717, 1.165) is 57.8 Å². The van der Waals surface area contributed by atoms with Crippen LogP contribution in [0.5, 0.6) is 0 Å². The van der Waals surface area contributed by atoms with Gasteiger partial charge in [0, 0.05) is 18.9 Å². The number of aliphatic hydroxyl groups excluding tert-OH is 2. The molecule has 4 fully saturated rings. The normalized spacial score (nSPS) is 34.7. The number of unbranched alkanes of at least 4 members (excludes halogenated alkanes) is 18. The summed E-state index contributed by atoms with van der Waals surface area (Å²) in [7, 11) is 0. The van der Waals surface area contributed by atoms with Gasteiger partial charge in [-0.25, -0.2) is 0 Å². The third-order valence-electron chi connectivity index (χ3n) is 15.7. The molecule has 4 aliphatic carbocycles. The lowest BCUT2D eigenvalue weighted by molar-refractivity contribution is -0.202. The minimum atomic E-state index is -0.745. The molecule has 0 spiro atoms. The fourth-order valence-electron chi connectivity index (χ4n) is 12.5. The van der Waals surface area contributed by atoms with Crippen LogP contribution >= 0.6 is 0 Å². The first-order chi connectivity index (χ1) is 25.0. The predicted molar refractivity (Wildman–Crippen MR) is 214 cm³/mol. The molecule has 302 valence electrons. The van der Waals surface area contributed by atoms with Crippen LogP contribution in [-0.4, -0.2) is 45.4 Å². The molecule has 0 radical (unpaired) electrons. The van der Waals surface area contributed by atoms with Gasteiger partial charge in [0.15, 0.2) is 0 Å². The van der Waals surface area contributed by atoms with Crippen molar-refractivity contribution in [3.8, 4) is 0 Å². The SMILES string of the molecule is CCCCCCCCCCCCCCCCCCCCCC(=O)N[C@H]1CC[C@@]2(C)[C@@H](C1)C[C@@H](O)[C@@H]1[C@@H]2C[C@H](O)[C@]2(C)[C@@H]([C@H](C)CCC(=O)O)CC[C@@H]12. The molecule has 0 aliphatic heterocycles. The Bertz CT molecular complexity index is 1050. The second kappa shape index (κ2) is 21.8. The number of nitrogens with one attached hydrogen (secondary N) is 1. The van der Waals surface area contributed by atoms with Gasteiger partial charge in [0.1, 0.15) is 0 Å². The molecule has 0 aromatic carbocycles. The highest BCUT2D eigenvalue weighted by Crippen LogP contribution is 2.68. The lowest BCUT2D eigenvalue weighted by Crippen LogP contribution is -2.63. The number of amides is 1. The van der Waals surface area contributed by atoms with E-state index in [1.807, 2.05) is 0 Å². The summed E-state index contributed by atoms with van der Waals surface area (Å²) in [5.41, 5.74) is -0.187. The fourth-order valence-corrected chi connectivity index (χ4v) is 12.5. The van der Waals surface area contributed by atoms with Gasteiger partial charge in [-0.1, -0.05) is 143 Å². The molecule has 52 heavy (non-hydrogen) atoms. The van der Waals surface area contributed by atoms with Crippen molar-refractivity contribution >= 4 is 11.9 Å². The fraction of sp³-hybridized carbons (Fsp3) is 0.957. The van der Waals surface area contributed by atoms with E-state index >= 15 is 0 Å². The lowest BCUT2D eigenvalue weighted by atomic mass is 9.43. The quantitative estimate of drug-likeness (QED) is 0.0700. The predicted octanol–water partition coefficient (Wildman–Crippen LogP) is 11.4. The van der Waals surface area contributed by atoms with E-state index in [9.17, 15) is 24.9 Å². The molecule has 4 aliphatic rings. The lowest BCUT2D eigenvalue weighted by Gasteiger charge is -2.63. The maximum Gasteiger partial charge on any atom is 0.303 e. The molecule has 0 aromatic heterocycles. The summed E-state index contributed by atoms with van der Waals surface area (Å²) >= 11 is 0. The molecule has 6 nitrogen and oxygen atoms in total. The topological polar surface area (TPSA) is 107 Å².